The summed E-state index contributed by atoms with van der Waals surface area (Å²) in [5, 5.41) is -0.218. The number of hydrogen-bond acceptors (Lipinski definition) is 4. The van der Waals surface area contributed by atoms with Crippen molar-refractivity contribution in [1.82, 2.24) is 0 Å². The van der Waals surface area contributed by atoms with Crippen molar-refractivity contribution in [2.45, 2.75) is 29.0 Å². The molecule has 0 bridgehead atoms. The molecule has 0 aliphatic carbocycles. The van der Waals surface area contributed by atoms with E-state index in [-0.39, 0.29) is 39.4 Å². The minimum atomic E-state index is -4.36. The van der Waals surface area contributed by atoms with Crippen LogP contribution in [0.1, 0.15) is 13.3 Å². The van der Waals surface area contributed by atoms with E-state index in [0.29, 0.717) is 12.2 Å². The summed E-state index contributed by atoms with van der Waals surface area (Å²) in [6.07, 6.45) is 0.223. The highest BCUT2D eigenvalue weighted by Gasteiger charge is 2.33. The summed E-state index contributed by atoms with van der Waals surface area (Å²) in [6.45, 7) is 1.77. The van der Waals surface area contributed by atoms with Crippen LogP contribution in [0.25, 0.3) is 0 Å². The normalized spacial score (nSPS) is 19.1. The number of alkyl halides is 3. The summed E-state index contributed by atoms with van der Waals surface area (Å²) in [6, 6.07) is 5.78. The van der Waals surface area contributed by atoms with Gasteiger partial charge in [0.2, 0.25) is 5.91 Å². The predicted molar refractivity (Wildman–Crippen MR) is 77.4 cm³/mol. The van der Waals surface area contributed by atoms with Crippen LogP contribution in [0.5, 0.6) is 0 Å². The lowest BCUT2D eigenvalue weighted by molar-refractivity contribution is -0.117. The first-order chi connectivity index (χ1) is 9.74. The molecule has 1 aliphatic heterocycles. The summed E-state index contributed by atoms with van der Waals surface area (Å²) < 4.78 is 37.1. The van der Waals surface area contributed by atoms with E-state index >= 15 is 0 Å². The van der Waals surface area contributed by atoms with Crippen LogP contribution in [0.15, 0.2) is 29.2 Å². The van der Waals surface area contributed by atoms with Gasteiger partial charge in [-0.2, -0.15) is 13.2 Å². The van der Waals surface area contributed by atoms with Crippen molar-refractivity contribution in [3.63, 3.8) is 0 Å². The van der Waals surface area contributed by atoms with Crippen LogP contribution in [0.3, 0.4) is 0 Å². The van der Waals surface area contributed by atoms with E-state index in [9.17, 15) is 22.8 Å². The third-order valence-electron chi connectivity index (χ3n) is 2.79. The topological polar surface area (TPSA) is 37.4 Å². The number of anilines is 1. The van der Waals surface area contributed by atoms with E-state index in [1.165, 1.54) is 30.0 Å². The maximum absolute atomic E-state index is 12.4. The van der Waals surface area contributed by atoms with Gasteiger partial charge >= 0.3 is 5.51 Å². The first-order valence-electron chi connectivity index (χ1n) is 6.08. The highest BCUT2D eigenvalue weighted by atomic mass is 32.2. The Labute approximate surface area is 128 Å². The molecule has 0 aromatic heterocycles. The van der Waals surface area contributed by atoms with Crippen LogP contribution >= 0.6 is 23.5 Å². The zero-order valence-corrected chi connectivity index (χ0v) is 12.6. The summed E-state index contributed by atoms with van der Waals surface area (Å²) >= 11 is 0.881. The zero-order valence-electron chi connectivity index (χ0n) is 11.0. The van der Waals surface area contributed by atoms with E-state index < -0.39 is 5.51 Å². The maximum atomic E-state index is 12.4. The van der Waals surface area contributed by atoms with Gasteiger partial charge in [-0.3, -0.25) is 9.59 Å². The van der Waals surface area contributed by atoms with Gasteiger partial charge in [-0.1, -0.05) is 17.8 Å². The van der Waals surface area contributed by atoms with E-state index in [4.69, 9.17) is 0 Å². The molecule has 1 unspecified atom stereocenters. The Morgan fingerprint density at radius 2 is 2.10 bits per heavy atom. The fourth-order valence-electron chi connectivity index (χ4n) is 2.09. The summed E-state index contributed by atoms with van der Waals surface area (Å²) in [7, 11) is 0. The number of rotatable bonds is 3. The average molecular weight is 335 g/mol. The number of hydrogen-bond donors (Lipinski definition) is 0. The van der Waals surface area contributed by atoms with Crippen LogP contribution in [-0.2, 0) is 9.59 Å². The lowest BCUT2D eigenvalue weighted by Gasteiger charge is -2.17. The van der Waals surface area contributed by atoms with Crippen LogP contribution in [-0.4, -0.2) is 28.3 Å². The van der Waals surface area contributed by atoms with E-state index in [2.05, 4.69) is 0 Å². The number of thioether (sulfide) groups is 2. The molecule has 1 saturated heterocycles. The molecule has 1 fully saturated rings. The summed E-state index contributed by atoms with van der Waals surface area (Å²) in [4.78, 5) is 24.5. The molecule has 2 rings (SSSR count). The number of amides is 1. The minimum absolute atomic E-state index is 0.0375. The number of halogens is 3. The SMILES string of the molecule is CC(=O)SC1CC(=O)N(c2cccc(SC(F)(F)F)c2)C1. The zero-order chi connectivity index (χ0) is 15.6. The Morgan fingerprint density at radius 1 is 1.38 bits per heavy atom. The van der Waals surface area contributed by atoms with Crippen molar-refractivity contribution in [2.24, 2.45) is 0 Å². The highest BCUT2D eigenvalue weighted by molar-refractivity contribution is 8.14. The number of carbonyl (C=O) groups is 2. The molecule has 0 radical (unpaired) electrons. The lowest BCUT2D eigenvalue weighted by Crippen LogP contribution is -2.24. The number of carbonyl (C=O) groups excluding carboxylic acids is 2. The average Bonchev–Trinajstić information content (AvgIpc) is 2.67. The molecule has 1 atom stereocenters. The molecule has 114 valence electrons. The molecule has 8 heteroatoms. The lowest BCUT2D eigenvalue weighted by atomic mass is 10.3. The van der Waals surface area contributed by atoms with Crippen molar-refractivity contribution in [1.29, 1.82) is 0 Å². The van der Waals surface area contributed by atoms with Crippen molar-refractivity contribution < 1.29 is 22.8 Å². The first kappa shape index (κ1) is 16.2. The molecule has 21 heavy (non-hydrogen) atoms. The molecule has 0 N–H and O–H groups in total. The highest BCUT2D eigenvalue weighted by Crippen LogP contribution is 2.38. The second-order valence-electron chi connectivity index (χ2n) is 4.49. The number of benzene rings is 1. The Balaban J connectivity index is 2.13. The third-order valence-corrected chi connectivity index (χ3v) is 4.49. The monoisotopic (exact) mass is 335 g/mol. The van der Waals surface area contributed by atoms with Gasteiger partial charge in [-0.05, 0) is 30.0 Å². The third kappa shape index (κ3) is 4.67. The Morgan fingerprint density at radius 3 is 2.71 bits per heavy atom. The fourth-order valence-corrected chi connectivity index (χ4v) is 3.60. The Hall–Kier alpha value is -1.15. The molecular formula is C13H12F3NO2S2. The predicted octanol–water partition coefficient (Wildman–Crippen LogP) is 3.68. The van der Waals surface area contributed by atoms with Crippen molar-refractivity contribution >= 4 is 40.2 Å². The Kier molecular flexibility index (Phi) is 4.88. The molecule has 0 saturated carbocycles. The van der Waals surface area contributed by atoms with Crippen LogP contribution in [0.4, 0.5) is 18.9 Å². The first-order valence-corrected chi connectivity index (χ1v) is 7.77. The van der Waals surface area contributed by atoms with Gasteiger partial charge in [0.25, 0.3) is 0 Å². The van der Waals surface area contributed by atoms with Gasteiger partial charge in [0.05, 0.1) is 0 Å². The van der Waals surface area contributed by atoms with Crippen LogP contribution < -0.4 is 4.90 Å². The molecule has 1 aromatic carbocycles. The summed E-state index contributed by atoms with van der Waals surface area (Å²) in [5.41, 5.74) is -3.93. The maximum Gasteiger partial charge on any atom is 0.446 e. The van der Waals surface area contributed by atoms with Gasteiger partial charge < -0.3 is 4.90 Å². The molecule has 1 amide bonds. The second kappa shape index (κ2) is 6.31. The second-order valence-corrected chi connectivity index (χ2v) is 7.10. The van der Waals surface area contributed by atoms with Gasteiger partial charge in [0, 0.05) is 35.7 Å². The van der Waals surface area contributed by atoms with E-state index in [1.807, 2.05) is 0 Å². The minimum Gasteiger partial charge on any atom is -0.311 e. The smallest absolute Gasteiger partial charge is 0.311 e. The van der Waals surface area contributed by atoms with Crippen LogP contribution in [0.2, 0.25) is 0 Å². The van der Waals surface area contributed by atoms with E-state index in [1.54, 1.807) is 6.07 Å². The van der Waals surface area contributed by atoms with Gasteiger partial charge in [-0.25, -0.2) is 0 Å². The molecule has 1 heterocycles. The van der Waals surface area contributed by atoms with Gasteiger partial charge in [-0.15, -0.1) is 0 Å². The molecule has 1 aromatic rings. The molecule has 1 aliphatic rings. The molecular weight excluding hydrogens is 323 g/mol. The van der Waals surface area contributed by atoms with Crippen LogP contribution in [0, 0.1) is 0 Å². The largest absolute Gasteiger partial charge is 0.446 e. The molecule has 0 spiro atoms. The number of nitrogens with zero attached hydrogens (tertiary/aromatic N) is 1. The van der Waals surface area contributed by atoms with Gasteiger partial charge in [0.1, 0.15) is 0 Å². The van der Waals surface area contributed by atoms with Crippen molar-refractivity contribution in [3.05, 3.63) is 24.3 Å². The standard InChI is InChI=1S/C13H12F3NO2S2/c1-8(18)20-11-6-12(19)17(7-11)9-3-2-4-10(5-9)21-13(14,15)16/h2-5,11H,6-7H2,1H3. The van der Waals surface area contributed by atoms with E-state index in [0.717, 1.165) is 11.8 Å². The Bertz CT molecular complexity index is 563. The summed E-state index contributed by atoms with van der Waals surface area (Å²) in [5.74, 6) is -0.178. The van der Waals surface area contributed by atoms with Crippen molar-refractivity contribution in [2.75, 3.05) is 11.4 Å². The fraction of sp³-hybridized carbons (Fsp3) is 0.385. The van der Waals surface area contributed by atoms with Gasteiger partial charge in [0.15, 0.2) is 5.12 Å². The molecule has 3 nitrogen and oxygen atoms in total. The van der Waals surface area contributed by atoms with Crippen molar-refractivity contribution in [3.8, 4) is 0 Å². The quantitative estimate of drug-likeness (QED) is 0.790.